The minimum Gasteiger partial charge on any atom is -0.481 e. The van der Waals surface area contributed by atoms with Gasteiger partial charge in [-0.3, -0.25) is 9.79 Å². The highest BCUT2D eigenvalue weighted by molar-refractivity contribution is 5.90. The van der Waals surface area contributed by atoms with Crippen molar-refractivity contribution in [2.75, 3.05) is 13.2 Å². The van der Waals surface area contributed by atoms with E-state index in [0.717, 1.165) is 17.7 Å². The minimum atomic E-state index is -0.805. The van der Waals surface area contributed by atoms with E-state index in [0.29, 0.717) is 19.6 Å². The first-order chi connectivity index (χ1) is 6.27. The van der Waals surface area contributed by atoms with Crippen molar-refractivity contribution in [2.45, 2.75) is 12.8 Å². The van der Waals surface area contributed by atoms with E-state index in [-0.39, 0.29) is 0 Å². The van der Waals surface area contributed by atoms with Crippen molar-refractivity contribution in [3.63, 3.8) is 0 Å². The molecule has 0 bridgehead atoms. The first-order valence-corrected chi connectivity index (χ1v) is 4.33. The summed E-state index contributed by atoms with van der Waals surface area (Å²) in [6, 6.07) is 0. The van der Waals surface area contributed by atoms with Crippen molar-refractivity contribution >= 4 is 12.2 Å². The molecule has 0 aromatic heterocycles. The molecule has 4 heteroatoms. The van der Waals surface area contributed by atoms with Gasteiger partial charge in [-0.25, -0.2) is 0 Å². The highest BCUT2D eigenvalue weighted by Crippen LogP contribution is 2.26. The number of hydrogen-bond acceptors (Lipinski definition) is 3. The van der Waals surface area contributed by atoms with Gasteiger partial charge in [-0.15, -0.1) is 0 Å². The number of carboxylic acids is 1. The van der Waals surface area contributed by atoms with Crippen LogP contribution in [0.15, 0.2) is 16.3 Å². The lowest BCUT2D eigenvalue weighted by Crippen LogP contribution is -2.23. The summed E-state index contributed by atoms with van der Waals surface area (Å²) in [7, 11) is 0. The second-order valence-electron chi connectivity index (χ2n) is 3.28. The van der Waals surface area contributed by atoms with E-state index in [1.807, 2.05) is 0 Å². The Labute approximate surface area is 75.9 Å². The first kappa shape index (κ1) is 8.44. The molecule has 13 heavy (non-hydrogen) atoms. The first-order valence-electron chi connectivity index (χ1n) is 4.33. The van der Waals surface area contributed by atoms with Crippen LogP contribution in [0.4, 0.5) is 0 Å². The fourth-order valence-corrected chi connectivity index (χ4v) is 1.61. The van der Waals surface area contributed by atoms with Gasteiger partial charge in [0.05, 0.1) is 19.1 Å². The van der Waals surface area contributed by atoms with Gasteiger partial charge in [-0.05, 0) is 12.0 Å². The molecule has 0 saturated carbocycles. The molecule has 0 amide bonds. The molecule has 2 aliphatic heterocycles. The molecule has 0 radical (unpaired) electrons. The normalized spacial score (nSPS) is 27.2. The van der Waals surface area contributed by atoms with Crippen molar-refractivity contribution in [3.05, 3.63) is 11.3 Å². The van der Waals surface area contributed by atoms with Crippen LogP contribution in [-0.2, 0) is 9.53 Å². The van der Waals surface area contributed by atoms with Gasteiger partial charge in [-0.2, -0.15) is 0 Å². The average molecular weight is 181 g/mol. The summed E-state index contributed by atoms with van der Waals surface area (Å²) in [6.45, 7) is 1.25. The number of carboxylic acid groups (broad SMARTS) is 1. The second kappa shape index (κ2) is 3.30. The summed E-state index contributed by atoms with van der Waals surface area (Å²) in [4.78, 5) is 14.8. The maximum atomic E-state index is 10.7. The van der Waals surface area contributed by atoms with Crippen LogP contribution in [0.5, 0.6) is 0 Å². The van der Waals surface area contributed by atoms with Crippen LogP contribution >= 0.6 is 0 Å². The molecule has 4 nitrogen and oxygen atoms in total. The highest BCUT2D eigenvalue weighted by Gasteiger charge is 2.24. The summed E-state index contributed by atoms with van der Waals surface area (Å²) in [5, 5.41) is 8.77. The zero-order valence-corrected chi connectivity index (χ0v) is 7.19. The zero-order chi connectivity index (χ0) is 9.26. The molecule has 1 atom stereocenters. The Morgan fingerprint density at radius 2 is 2.54 bits per heavy atom. The van der Waals surface area contributed by atoms with Gasteiger partial charge in [-0.1, -0.05) is 0 Å². The molecule has 0 aliphatic carbocycles. The maximum absolute atomic E-state index is 10.7. The van der Waals surface area contributed by atoms with Gasteiger partial charge in [0.2, 0.25) is 0 Å². The molecule has 0 aromatic rings. The van der Waals surface area contributed by atoms with E-state index < -0.39 is 11.9 Å². The summed E-state index contributed by atoms with van der Waals surface area (Å²) in [5.41, 5.74) is 2.09. The van der Waals surface area contributed by atoms with Crippen molar-refractivity contribution in [2.24, 2.45) is 10.9 Å². The summed E-state index contributed by atoms with van der Waals surface area (Å²) in [5.74, 6) is -1.26. The van der Waals surface area contributed by atoms with Gasteiger partial charge < -0.3 is 9.84 Å². The second-order valence-corrected chi connectivity index (χ2v) is 3.28. The molecule has 0 aromatic carbocycles. The summed E-state index contributed by atoms with van der Waals surface area (Å²) < 4.78 is 5.24. The monoisotopic (exact) mass is 181 g/mol. The standard InChI is InChI=1S/C9H11NO3/c11-9(12)6-3-7-5-13-2-1-8(7)10-4-6/h4,6H,1-3,5H2,(H,11,12). The Morgan fingerprint density at radius 3 is 3.31 bits per heavy atom. The topological polar surface area (TPSA) is 58.9 Å². The van der Waals surface area contributed by atoms with E-state index in [1.54, 1.807) is 0 Å². The third-order valence-corrected chi connectivity index (χ3v) is 2.36. The highest BCUT2D eigenvalue weighted by atomic mass is 16.5. The number of hydrogen-bond donors (Lipinski definition) is 1. The van der Waals surface area contributed by atoms with Crippen LogP contribution in [0.25, 0.3) is 0 Å². The molecule has 0 spiro atoms. The molecule has 70 valence electrons. The molecule has 0 fully saturated rings. The Morgan fingerprint density at radius 1 is 1.69 bits per heavy atom. The van der Waals surface area contributed by atoms with Crippen molar-refractivity contribution in [1.29, 1.82) is 0 Å². The van der Waals surface area contributed by atoms with Gasteiger partial charge >= 0.3 is 5.97 Å². The molecule has 0 saturated heterocycles. The lowest BCUT2D eigenvalue weighted by molar-refractivity contribution is -0.139. The lowest BCUT2D eigenvalue weighted by atomic mass is 9.95. The number of aliphatic carboxylic acids is 1. The molecule has 2 heterocycles. The van der Waals surface area contributed by atoms with Gasteiger partial charge in [0.25, 0.3) is 0 Å². The quantitative estimate of drug-likeness (QED) is 0.652. The summed E-state index contributed by atoms with van der Waals surface area (Å²) >= 11 is 0. The van der Waals surface area contributed by atoms with Gasteiger partial charge in [0.1, 0.15) is 0 Å². The Balaban J connectivity index is 2.15. The third-order valence-electron chi connectivity index (χ3n) is 2.36. The third kappa shape index (κ3) is 1.62. The van der Waals surface area contributed by atoms with E-state index in [2.05, 4.69) is 4.99 Å². The predicted octanol–water partition coefficient (Wildman–Crippen LogP) is 0.836. The largest absolute Gasteiger partial charge is 0.481 e. The number of carbonyl (C=O) groups is 1. The zero-order valence-electron chi connectivity index (χ0n) is 7.19. The van der Waals surface area contributed by atoms with Gasteiger partial charge in [0, 0.05) is 18.3 Å². The van der Waals surface area contributed by atoms with E-state index in [4.69, 9.17) is 9.84 Å². The van der Waals surface area contributed by atoms with Crippen LogP contribution in [0.2, 0.25) is 0 Å². The van der Waals surface area contributed by atoms with Crippen LogP contribution in [0, 0.1) is 5.92 Å². The molecular formula is C9H11NO3. The van der Waals surface area contributed by atoms with Gasteiger partial charge in [0.15, 0.2) is 0 Å². The molecule has 2 aliphatic rings. The Kier molecular flexibility index (Phi) is 2.14. The van der Waals surface area contributed by atoms with Crippen LogP contribution in [-0.4, -0.2) is 30.5 Å². The maximum Gasteiger partial charge on any atom is 0.312 e. The van der Waals surface area contributed by atoms with Crippen molar-refractivity contribution in [3.8, 4) is 0 Å². The Hall–Kier alpha value is -1.16. The molecule has 1 unspecified atom stereocenters. The van der Waals surface area contributed by atoms with Crippen molar-refractivity contribution < 1.29 is 14.6 Å². The van der Waals surface area contributed by atoms with Crippen LogP contribution < -0.4 is 0 Å². The lowest BCUT2D eigenvalue weighted by Gasteiger charge is -2.23. The smallest absolute Gasteiger partial charge is 0.312 e. The number of aliphatic imine (C=N–C) groups is 1. The van der Waals surface area contributed by atoms with Crippen LogP contribution in [0.3, 0.4) is 0 Å². The number of nitrogens with zero attached hydrogens (tertiary/aromatic N) is 1. The average Bonchev–Trinajstić information content (AvgIpc) is 2.17. The number of rotatable bonds is 1. The van der Waals surface area contributed by atoms with E-state index in [1.165, 1.54) is 6.21 Å². The fourth-order valence-electron chi connectivity index (χ4n) is 1.61. The minimum absolute atomic E-state index is 0.458. The van der Waals surface area contributed by atoms with E-state index >= 15 is 0 Å². The van der Waals surface area contributed by atoms with Crippen LogP contribution in [0.1, 0.15) is 12.8 Å². The molecule has 1 N–H and O–H groups in total. The molecule has 2 rings (SSSR count). The van der Waals surface area contributed by atoms with Crippen molar-refractivity contribution in [1.82, 2.24) is 0 Å². The predicted molar refractivity (Wildman–Crippen MR) is 46.7 cm³/mol. The molecular weight excluding hydrogens is 170 g/mol. The SMILES string of the molecule is O=C(O)C1C=NC2=C(COCC2)C1. The fraction of sp³-hybridized carbons (Fsp3) is 0.556. The Bertz CT molecular complexity index is 293. The summed E-state index contributed by atoms with van der Waals surface area (Å²) in [6.07, 6.45) is 2.92. The number of ether oxygens (including phenoxy) is 1. The van der Waals surface area contributed by atoms with E-state index in [9.17, 15) is 4.79 Å².